The highest BCUT2D eigenvalue weighted by molar-refractivity contribution is 6.30. The molecule has 1 amide bonds. The Morgan fingerprint density at radius 3 is 2.50 bits per heavy atom. The van der Waals surface area contributed by atoms with Gasteiger partial charge in [-0.2, -0.15) is 0 Å². The lowest BCUT2D eigenvalue weighted by molar-refractivity contribution is -0.121. The van der Waals surface area contributed by atoms with E-state index in [0.29, 0.717) is 10.7 Å². The first-order chi connectivity index (χ1) is 10.5. The zero-order valence-corrected chi connectivity index (χ0v) is 12.6. The van der Waals surface area contributed by atoms with E-state index in [1.165, 1.54) is 23.1 Å². The molecule has 0 aliphatic carbocycles. The summed E-state index contributed by atoms with van der Waals surface area (Å²) in [6, 6.07) is 13.0. The van der Waals surface area contributed by atoms with Gasteiger partial charge in [-0.3, -0.25) is 4.79 Å². The molecule has 6 heteroatoms. The Morgan fingerprint density at radius 1 is 1.18 bits per heavy atom. The molecule has 0 heterocycles. The first-order valence-corrected chi connectivity index (χ1v) is 6.84. The smallest absolute Gasteiger partial charge is 0.342 e. The molecule has 5 nitrogen and oxygen atoms in total. The number of esters is 1. The topological polar surface area (TPSA) is 66.8 Å². The van der Waals surface area contributed by atoms with Gasteiger partial charge in [0.05, 0.1) is 0 Å². The maximum atomic E-state index is 12.0. The van der Waals surface area contributed by atoms with Crippen LogP contribution in [0.15, 0.2) is 48.5 Å². The summed E-state index contributed by atoms with van der Waals surface area (Å²) in [5, 5.41) is 9.93. The Morgan fingerprint density at radius 2 is 1.86 bits per heavy atom. The van der Waals surface area contributed by atoms with E-state index in [2.05, 4.69) is 0 Å². The van der Waals surface area contributed by atoms with Crippen molar-refractivity contribution in [3.8, 4) is 5.75 Å². The van der Waals surface area contributed by atoms with Crippen LogP contribution in [0, 0.1) is 0 Å². The molecule has 0 aromatic heterocycles. The van der Waals surface area contributed by atoms with Crippen molar-refractivity contribution in [2.75, 3.05) is 18.6 Å². The Bertz CT molecular complexity index is 688. The second kappa shape index (κ2) is 6.95. The number of anilines is 1. The summed E-state index contributed by atoms with van der Waals surface area (Å²) in [5.74, 6) is -1.46. The summed E-state index contributed by atoms with van der Waals surface area (Å²) in [7, 11) is 1.59. The molecule has 0 saturated carbocycles. The summed E-state index contributed by atoms with van der Waals surface area (Å²) in [6.45, 7) is -0.424. The van der Waals surface area contributed by atoms with E-state index in [1.807, 2.05) is 6.07 Å². The lowest BCUT2D eigenvalue weighted by atomic mass is 10.2. The number of aromatic hydroxyl groups is 1. The number of amides is 1. The number of para-hydroxylation sites is 1. The maximum absolute atomic E-state index is 12.0. The molecule has 0 bridgehead atoms. The van der Waals surface area contributed by atoms with Crippen LogP contribution in [0.1, 0.15) is 10.4 Å². The van der Waals surface area contributed by atoms with Gasteiger partial charge in [-0.05, 0) is 30.3 Å². The van der Waals surface area contributed by atoms with E-state index in [-0.39, 0.29) is 17.2 Å². The predicted octanol–water partition coefficient (Wildman–Crippen LogP) is 2.87. The normalized spacial score (nSPS) is 10.1. The molecule has 0 aliphatic rings. The molecule has 0 radical (unpaired) electrons. The van der Waals surface area contributed by atoms with Crippen molar-refractivity contribution in [1.82, 2.24) is 0 Å². The molecule has 2 rings (SSSR count). The van der Waals surface area contributed by atoms with Crippen molar-refractivity contribution in [1.29, 1.82) is 0 Å². The fourth-order valence-corrected chi connectivity index (χ4v) is 1.94. The number of nitrogens with zero attached hydrogens (tertiary/aromatic N) is 1. The predicted molar refractivity (Wildman–Crippen MR) is 83.3 cm³/mol. The third-order valence-corrected chi connectivity index (χ3v) is 3.26. The summed E-state index contributed by atoms with van der Waals surface area (Å²) in [4.78, 5) is 25.2. The molecular formula is C16H14ClNO4. The zero-order valence-electron chi connectivity index (χ0n) is 11.8. The number of ether oxygens (including phenoxy) is 1. The van der Waals surface area contributed by atoms with Crippen LogP contribution in [0.25, 0.3) is 0 Å². The highest BCUT2D eigenvalue weighted by Crippen LogP contribution is 2.22. The summed E-state index contributed by atoms with van der Waals surface area (Å²) in [5.41, 5.74) is 0.650. The molecule has 0 saturated heterocycles. The van der Waals surface area contributed by atoms with Gasteiger partial charge in [-0.25, -0.2) is 4.79 Å². The van der Waals surface area contributed by atoms with Crippen molar-refractivity contribution >= 4 is 29.2 Å². The minimum atomic E-state index is -0.788. The van der Waals surface area contributed by atoms with Crippen LogP contribution in [0.5, 0.6) is 5.75 Å². The lowest BCUT2D eigenvalue weighted by Gasteiger charge is -2.17. The van der Waals surface area contributed by atoms with Gasteiger partial charge in [-0.1, -0.05) is 29.8 Å². The van der Waals surface area contributed by atoms with E-state index >= 15 is 0 Å². The largest absolute Gasteiger partial charge is 0.507 e. The van der Waals surface area contributed by atoms with E-state index in [9.17, 15) is 14.7 Å². The summed E-state index contributed by atoms with van der Waals surface area (Å²) in [6.07, 6.45) is 0. The van der Waals surface area contributed by atoms with Gasteiger partial charge in [0, 0.05) is 17.8 Å². The number of benzene rings is 2. The minimum absolute atomic E-state index is 0.0421. The molecule has 22 heavy (non-hydrogen) atoms. The monoisotopic (exact) mass is 319 g/mol. The molecular weight excluding hydrogens is 306 g/mol. The van der Waals surface area contributed by atoms with Crippen LogP contribution in [-0.2, 0) is 9.53 Å². The zero-order chi connectivity index (χ0) is 16.1. The first-order valence-electron chi connectivity index (χ1n) is 6.46. The molecule has 2 aromatic rings. The summed E-state index contributed by atoms with van der Waals surface area (Å²) < 4.78 is 4.92. The van der Waals surface area contributed by atoms with Crippen LogP contribution < -0.4 is 4.90 Å². The van der Waals surface area contributed by atoms with Crippen molar-refractivity contribution < 1.29 is 19.4 Å². The Hall–Kier alpha value is -2.53. The standard InChI is InChI=1S/C16H14ClNO4/c1-18(12-5-3-2-4-6-12)15(20)10-22-16(21)13-8-7-11(17)9-14(13)19/h2-9,19H,10H2,1H3. The fourth-order valence-electron chi connectivity index (χ4n) is 1.77. The quantitative estimate of drug-likeness (QED) is 0.880. The Kier molecular flexibility index (Phi) is 5.01. The maximum Gasteiger partial charge on any atom is 0.342 e. The van der Waals surface area contributed by atoms with Crippen molar-refractivity contribution in [2.45, 2.75) is 0 Å². The second-order valence-corrected chi connectivity index (χ2v) is 4.96. The lowest BCUT2D eigenvalue weighted by Crippen LogP contribution is -2.31. The summed E-state index contributed by atoms with van der Waals surface area (Å²) >= 11 is 5.69. The number of phenolic OH excluding ortho intramolecular Hbond substituents is 1. The fraction of sp³-hybridized carbons (Fsp3) is 0.125. The van der Waals surface area contributed by atoms with E-state index < -0.39 is 12.6 Å². The number of likely N-dealkylation sites (N-methyl/N-ethyl adjacent to an activating group) is 1. The Labute approximate surface area is 132 Å². The van der Waals surface area contributed by atoms with Gasteiger partial charge < -0.3 is 14.7 Å². The van der Waals surface area contributed by atoms with Crippen molar-refractivity contribution in [3.63, 3.8) is 0 Å². The molecule has 0 atom stereocenters. The van der Waals surface area contributed by atoms with Gasteiger partial charge in [0.2, 0.25) is 0 Å². The highest BCUT2D eigenvalue weighted by atomic mass is 35.5. The van der Waals surface area contributed by atoms with E-state index in [1.54, 1.807) is 31.3 Å². The third-order valence-electron chi connectivity index (χ3n) is 3.02. The van der Waals surface area contributed by atoms with Crippen LogP contribution in [0.4, 0.5) is 5.69 Å². The third kappa shape index (κ3) is 3.77. The minimum Gasteiger partial charge on any atom is -0.507 e. The number of rotatable bonds is 4. The molecule has 1 N–H and O–H groups in total. The van der Waals surface area contributed by atoms with Crippen LogP contribution in [-0.4, -0.2) is 30.6 Å². The highest BCUT2D eigenvalue weighted by Gasteiger charge is 2.17. The molecule has 114 valence electrons. The van der Waals surface area contributed by atoms with Crippen LogP contribution in [0.2, 0.25) is 5.02 Å². The number of hydrogen-bond acceptors (Lipinski definition) is 4. The van der Waals surface area contributed by atoms with Gasteiger partial charge in [-0.15, -0.1) is 0 Å². The van der Waals surface area contributed by atoms with Gasteiger partial charge in [0.25, 0.3) is 5.91 Å². The van der Waals surface area contributed by atoms with Crippen molar-refractivity contribution in [3.05, 3.63) is 59.1 Å². The Balaban J connectivity index is 1.97. The van der Waals surface area contributed by atoms with Gasteiger partial charge in [0.1, 0.15) is 11.3 Å². The molecule has 0 spiro atoms. The first kappa shape index (κ1) is 15.9. The average Bonchev–Trinajstić information content (AvgIpc) is 2.52. The van der Waals surface area contributed by atoms with E-state index in [4.69, 9.17) is 16.3 Å². The number of carbonyl (C=O) groups excluding carboxylic acids is 2. The average molecular weight is 320 g/mol. The number of halogens is 1. The van der Waals surface area contributed by atoms with Crippen LogP contribution >= 0.6 is 11.6 Å². The number of hydrogen-bond donors (Lipinski definition) is 1. The molecule has 0 fully saturated rings. The van der Waals surface area contributed by atoms with Crippen molar-refractivity contribution in [2.24, 2.45) is 0 Å². The number of phenols is 1. The molecule has 0 unspecified atom stereocenters. The molecule has 2 aromatic carbocycles. The van der Waals surface area contributed by atoms with Crippen LogP contribution in [0.3, 0.4) is 0 Å². The van der Waals surface area contributed by atoms with Gasteiger partial charge in [0.15, 0.2) is 6.61 Å². The second-order valence-electron chi connectivity index (χ2n) is 4.53. The number of carbonyl (C=O) groups is 2. The van der Waals surface area contributed by atoms with Gasteiger partial charge >= 0.3 is 5.97 Å². The SMILES string of the molecule is CN(C(=O)COC(=O)c1ccc(Cl)cc1O)c1ccccc1. The van der Waals surface area contributed by atoms with E-state index in [0.717, 1.165) is 0 Å². The molecule has 0 aliphatic heterocycles.